The molecule has 26 heavy (non-hydrogen) atoms. The zero-order valence-electron chi connectivity index (χ0n) is 14.7. The predicted octanol–water partition coefficient (Wildman–Crippen LogP) is -0.905. The summed E-state index contributed by atoms with van der Waals surface area (Å²) in [7, 11) is -3.68. The number of aliphatic hydroxyl groups is 2. The zero-order valence-corrected chi connectivity index (χ0v) is 15.6. The summed E-state index contributed by atoms with van der Waals surface area (Å²) in [6, 6.07) is 6.19. The Labute approximate surface area is 153 Å². The molecule has 2 aliphatic rings. The summed E-state index contributed by atoms with van der Waals surface area (Å²) in [4.78, 5) is 2.22. The summed E-state index contributed by atoms with van der Waals surface area (Å²) < 4.78 is 38.6. The van der Waals surface area contributed by atoms with Gasteiger partial charge in [-0.15, -0.1) is 0 Å². The first kappa shape index (κ1) is 19.7. The largest absolute Gasteiger partial charge is 0.394 e. The molecule has 0 bridgehead atoms. The monoisotopic (exact) mass is 386 g/mol. The molecule has 1 aromatic carbocycles. The lowest BCUT2D eigenvalue weighted by molar-refractivity contribution is -0.0207. The minimum absolute atomic E-state index is 0.0196. The van der Waals surface area contributed by atoms with Gasteiger partial charge in [-0.25, -0.2) is 13.1 Å². The van der Waals surface area contributed by atoms with Gasteiger partial charge in [0, 0.05) is 19.6 Å². The van der Waals surface area contributed by atoms with E-state index in [4.69, 9.17) is 9.47 Å². The molecule has 2 heterocycles. The Hall–Kier alpha value is -1.07. The third-order valence-electron chi connectivity index (χ3n) is 4.91. The maximum absolute atomic E-state index is 12.5. The van der Waals surface area contributed by atoms with Gasteiger partial charge < -0.3 is 19.7 Å². The average Bonchev–Trinajstić information content (AvgIpc) is 2.97. The smallest absolute Gasteiger partial charge is 0.240 e. The van der Waals surface area contributed by atoms with Gasteiger partial charge in [-0.1, -0.05) is 17.7 Å². The van der Waals surface area contributed by atoms with Crippen molar-refractivity contribution in [3.8, 4) is 0 Å². The molecule has 4 atom stereocenters. The minimum Gasteiger partial charge on any atom is -0.394 e. The van der Waals surface area contributed by atoms with Crippen molar-refractivity contribution >= 4 is 10.0 Å². The molecule has 3 N–H and O–H groups in total. The van der Waals surface area contributed by atoms with E-state index < -0.39 is 34.4 Å². The van der Waals surface area contributed by atoms with Crippen LogP contribution in [0.3, 0.4) is 0 Å². The van der Waals surface area contributed by atoms with Gasteiger partial charge in [0.1, 0.15) is 12.2 Å². The lowest BCUT2D eigenvalue weighted by Crippen LogP contribution is -2.54. The number of rotatable bonds is 6. The maximum Gasteiger partial charge on any atom is 0.240 e. The fourth-order valence-corrected chi connectivity index (χ4v) is 4.51. The molecule has 146 valence electrons. The summed E-state index contributed by atoms with van der Waals surface area (Å²) in [6.45, 7) is 3.95. The number of hydrogen-bond donors (Lipinski definition) is 3. The molecule has 0 spiro atoms. The molecule has 0 radical (unpaired) electrons. The van der Waals surface area contributed by atoms with Gasteiger partial charge in [0.05, 0.1) is 36.9 Å². The van der Waals surface area contributed by atoms with Crippen LogP contribution in [0.15, 0.2) is 29.2 Å². The van der Waals surface area contributed by atoms with Gasteiger partial charge in [-0.3, -0.25) is 4.90 Å². The number of aryl methyl sites for hydroxylation is 1. The molecular formula is C17H26N2O6S. The highest BCUT2D eigenvalue weighted by Gasteiger charge is 2.46. The van der Waals surface area contributed by atoms with E-state index >= 15 is 0 Å². The molecular weight excluding hydrogens is 360 g/mol. The Morgan fingerprint density at radius 3 is 2.46 bits per heavy atom. The van der Waals surface area contributed by atoms with Crippen LogP contribution in [0.25, 0.3) is 0 Å². The molecule has 1 aromatic rings. The number of hydrogen-bond acceptors (Lipinski definition) is 7. The summed E-state index contributed by atoms with van der Waals surface area (Å²) in [6.07, 6.45) is -2.16. The molecule has 0 amide bonds. The second-order valence-corrected chi connectivity index (χ2v) is 8.46. The standard InChI is InChI=1S/C17H26N2O6S/c1-12-2-4-13(5-3-12)26(22,23)18-10-14-16(17(21)15(11-20)25-14)19-6-8-24-9-7-19/h2-5,14-18,20-21H,6-11H2,1H3/t14-,15+,16+,17-/m1/s1. The molecule has 0 aromatic heterocycles. The van der Waals surface area contributed by atoms with Crippen LogP contribution in [-0.2, 0) is 19.5 Å². The van der Waals surface area contributed by atoms with Crippen LogP contribution < -0.4 is 4.72 Å². The number of benzene rings is 1. The first-order chi connectivity index (χ1) is 12.4. The van der Waals surface area contributed by atoms with E-state index in [0.29, 0.717) is 26.3 Å². The number of morpholine rings is 1. The Balaban J connectivity index is 1.70. The number of ether oxygens (including phenoxy) is 2. The van der Waals surface area contributed by atoms with Gasteiger partial charge in [0.2, 0.25) is 10.0 Å². The fourth-order valence-electron chi connectivity index (χ4n) is 3.46. The number of nitrogens with one attached hydrogen (secondary N) is 1. The average molecular weight is 386 g/mol. The highest BCUT2D eigenvalue weighted by atomic mass is 32.2. The first-order valence-electron chi connectivity index (χ1n) is 8.75. The van der Waals surface area contributed by atoms with E-state index in [2.05, 4.69) is 4.72 Å². The second kappa shape index (κ2) is 8.30. The summed E-state index contributed by atoms with van der Waals surface area (Å²) in [5, 5.41) is 19.9. The van der Waals surface area contributed by atoms with E-state index in [1.807, 2.05) is 11.8 Å². The van der Waals surface area contributed by atoms with Crippen LogP contribution >= 0.6 is 0 Å². The molecule has 0 aliphatic carbocycles. The van der Waals surface area contributed by atoms with Crippen molar-refractivity contribution in [2.45, 2.75) is 36.2 Å². The van der Waals surface area contributed by atoms with E-state index in [1.54, 1.807) is 24.3 Å². The molecule has 8 nitrogen and oxygen atoms in total. The van der Waals surface area contributed by atoms with Gasteiger partial charge >= 0.3 is 0 Å². The van der Waals surface area contributed by atoms with Crippen LogP contribution in [0.5, 0.6) is 0 Å². The molecule has 3 rings (SSSR count). The minimum atomic E-state index is -3.68. The molecule has 0 saturated carbocycles. The van der Waals surface area contributed by atoms with Gasteiger partial charge in [-0.05, 0) is 19.1 Å². The van der Waals surface area contributed by atoms with Crippen molar-refractivity contribution in [2.75, 3.05) is 39.5 Å². The molecule has 0 unspecified atom stereocenters. The number of nitrogens with zero attached hydrogens (tertiary/aromatic N) is 1. The van der Waals surface area contributed by atoms with Crippen LogP contribution in [0.1, 0.15) is 5.56 Å². The normalized spacial score (nSPS) is 30.6. The van der Waals surface area contributed by atoms with E-state index in [-0.39, 0.29) is 18.0 Å². The van der Waals surface area contributed by atoms with Crippen molar-refractivity contribution in [3.05, 3.63) is 29.8 Å². The van der Waals surface area contributed by atoms with Crippen molar-refractivity contribution in [2.24, 2.45) is 0 Å². The Bertz CT molecular complexity index is 690. The van der Waals surface area contributed by atoms with Crippen LogP contribution in [0.4, 0.5) is 0 Å². The first-order valence-corrected chi connectivity index (χ1v) is 10.2. The van der Waals surface area contributed by atoms with Gasteiger partial charge in [0.25, 0.3) is 0 Å². The van der Waals surface area contributed by atoms with Gasteiger partial charge in [0.15, 0.2) is 0 Å². The van der Waals surface area contributed by atoms with Crippen molar-refractivity contribution in [1.29, 1.82) is 0 Å². The quantitative estimate of drug-likeness (QED) is 0.581. The van der Waals surface area contributed by atoms with Gasteiger partial charge in [-0.2, -0.15) is 0 Å². The van der Waals surface area contributed by atoms with E-state index in [1.165, 1.54) is 0 Å². The molecule has 2 fully saturated rings. The lowest BCUT2D eigenvalue weighted by Gasteiger charge is -2.36. The number of aliphatic hydroxyl groups excluding tert-OH is 2. The Morgan fingerprint density at radius 2 is 1.85 bits per heavy atom. The summed E-state index contributed by atoms with van der Waals surface area (Å²) >= 11 is 0. The van der Waals surface area contributed by atoms with Crippen molar-refractivity contribution < 1.29 is 28.1 Å². The lowest BCUT2D eigenvalue weighted by atomic mass is 10.0. The van der Waals surface area contributed by atoms with Crippen LogP contribution in [-0.4, -0.2) is 87.3 Å². The highest BCUT2D eigenvalue weighted by molar-refractivity contribution is 7.89. The molecule has 9 heteroatoms. The van der Waals surface area contributed by atoms with Crippen LogP contribution in [0, 0.1) is 6.92 Å². The Morgan fingerprint density at radius 1 is 1.19 bits per heavy atom. The topological polar surface area (TPSA) is 108 Å². The summed E-state index contributed by atoms with van der Waals surface area (Å²) in [5.41, 5.74) is 0.976. The van der Waals surface area contributed by atoms with Crippen LogP contribution in [0.2, 0.25) is 0 Å². The second-order valence-electron chi connectivity index (χ2n) is 6.69. The predicted molar refractivity (Wildman–Crippen MR) is 94.3 cm³/mol. The molecule has 2 saturated heterocycles. The van der Waals surface area contributed by atoms with E-state index in [0.717, 1.165) is 5.56 Å². The third kappa shape index (κ3) is 4.25. The summed E-state index contributed by atoms with van der Waals surface area (Å²) in [5.74, 6) is 0. The van der Waals surface area contributed by atoms with Crippen molar-refractivity contribution in [1.82, 2.24) is 9.62 Å². The third-order valence-corrected chi connectivity index (χ3v) is 6.35. The molecule has 2 aliphatic heterocycles. The highest BCUT2D eigenvalue weighted by Crippen LogP contribution is 2.26. The van der Waals surface area contributed by atoms with Crippen molar-refractivity contribution in [3.63, 3.8) is 0 Å². The zero-order chi connectivity index (χ0) is 18.7. The Kier molecular flexibility index (Phi) is 6.29. The van der Waals surface area contributed by atoms with E-state index in [9.17, 15) is 18.6 Å². The maximum atomic E-state index is 12.5. The fraction of sp³-hybridized carbons (Fsp3) is 0.647. The SMILES string of the molecule is Cc1ccc(S(=O)(=O)NC[C@H]2O[C@@H](CO)[C@@H](O)[C@H]2N2CCOCC2)cc1. The number of sulfonamides is 1.